The maximum Gasteiger partial charge on any atom is 0.243 e. The van der Waals surface area contributed by atoms with Crippen LogP contribution in [0.4, 0.5) is 5.82 Å². The average Bonchev–Trinajstić information content (AvgIpc) is 3.40. The topological polar surface area (TPSA) is 80.6 Å². The third-order valence-electron chi connectivity index (χ3n) is 5.51. The molecule has 168 valence electrons. The van der Waals surface area contributed by atoms with Crippen molar-refractivity contribution < 1.29 is 13.2 Å². The second kappa shape index (κ2) is 9.05. The van der Waals surface area contributed by atoms with Gasteiger partial charge in [0.15, 0.2) is 11.6 Å². The summed E-state index contributed by atoms with van der Waals surface area (Å²) in [6.07, 6.45) is 3.82. The summed E-state index contributed by atoms with van der Waals surface area (Å²) < 4.78 is 35.4. The molecule has 1 aliphatic heterocycles. The summed E-state index contributed by atoms with van der Waals surface area (Å²) in [5.74, 6) is 2.77. The van der Waals surface area contributed by atoms with Gasteiger partial charge in [-0.2, -0.15) is 4.31 Å². The summed E-state index contributed by atoms with van der Waals surface area (Å²) >= 11 is 0. The molecule has 2 aromatic heterocycles. The molecule has 0 amide bonds. The number of benzene rings is 2. The zero-order valence-electron chi connectivity index (χ0n) is 17.9. The van der Waals surface area contributed by atoms with Gasteiger partial charge in [-0.25, -0.2) is 8.42 Å². The molecule has 9 heteroatoms. The summed E-state index contributed by atoms with van der Waals surface area (Å²) in [6.45, 7) is 1.86. The summed E-state index contributed by atoms with van der Waals surface area (Å²) in [5, 5.41) is 8.60. The SMILES string of the molecule is O=S(=O)(c1ccc(Oc2ccccc2)cc1)N1CCN(c2ccc(-n3cccc3)nn2)CC1. The summed E-state index contributed by atoms with van der Waals surface area (Å²) in [6, 6.07) is 23.6. The zero-order valence-corrected chi connectivity index (χ0v) is 18.7. The van der Waals surface area contributed by atoms with E-state index in [2.05, 4.69) is 15.1 Å². The van der Waals surface area contributed by atoms with Gasteiger partial charge in [0.25, 0.3) is 0 Å². The molecule has 0 atom stereocenters. The highest BCUT2D eigenvalue weighted by Gasteiger charge is 2.29. The molecule has 4 aromatic rings. The van der Waals surface area contributed by atoms with E-state index in [1.807, 2.05) is 71.6 Å². The van der Waals surface area contributed by atoms with E-state index in [-0.39, 0.29) is 4.90 Å². The van der Waals surface area contributed by atoms with Gasteiger partial charge in [-0.15, -0.1) is 10.2 Å². The molecule has 0 aliphatic carbocycles. The number of aromatic nitrogens is 3. The second-order valence-corrected chi connectivity index (χ2v) is 9.56. The summed E-state index contributed by atoms with van der Waals surface area (Å²) in [5.41, 5.74) is 0. The highest BCUT2D eigenvalue weighted by atomic mass is 32.2. The number of hydrogen-bond donors (Lipinski definition) is 0. The number of hydrogen-bond acceptors (Lipinski definition) is 6. The van der Waals surface area contributed by atoms with E-state index in [1.165, 1.54) is 4.31 Å². The minimum atomic E-state index is -3.58. The largest absolute Gasteiger partial charge is 0.457 e. The van der Waals surface area contributed by atoms with Gasteiger partial charge >= 0.3 is 0 Å². The molecule has 33 heavy (non-hydrogen) atoms. The second-order valence-electron chi connectivity index (χ2n) is 7.62. The van der Waals surface area contributed by atoms with Crippen LogP contribution in [0.5, 0.6) is 11.5 Å². The highest BCUT2D eigenvalue weighted by Crippen LogP contribution is 2.25. The maximum atomic E-state index is 13.1. The monoisotopic (exact) mass is 461 g/mol. The van der Waals surface area contributed by atoms with E-state index in [4.69, 9.17) is 4.74 Å². The molecular formula is C24H23N5O3S. The van der Waals surface area contributed by atoms with Crippen LogP contribution in [0.15, 0.2) is 96.2 Å². The smallest absolute Gasteiger partial charge is 0.243 e. The van der Waals surface area contributed by atoms with Crippen LogP contribution in [0, 0.1) is 0 Å². The number of nitrogens with zero attached hydrogens (tertiary/aromatic N) is 5. The van der Waals surface area contributed by atoms with Crippen LogP contribution in [0.3, 0.4) is 0 Å². The van der Waals surface area contributed by atoms with Crippen LogP contribution < -0.4 is 9.64 Å². The quantitative estimate of drug-likeness (QED) is 0.437. The first-order valence-electron chi connectivity index (χ1n) is 10.6. The van der Waals surface area contributed by atoms with Crippen LogP contribution >= 0.6 is 0 Å². The van der Waals surface area contributed by atoms with Crippen molar-refractivity contribution in [3.05, 3.63) is 91.3 Å². The molecule has 2 aromatic carbocycles. The molecule has 0 N–H and O–H groups in total. The number of anilines is 1. The fourth-order valence-electron chi connectivity index (χ4n) is 3.72. The number of para-hydroxylation sites is 1. The predicted octanol–water partition coefficient (Wildman–Crippen LogP) is 3.57. The lowest BCUT2D eigenvalue weighted by atomic mass is 10.3. The van der Waals surface area contributed by atoms with Crippen molar-refractivity contribution in [1.29, 1.82) is 0 Å². The Balaban J connectivity index is 1.22. The third kappa shape index (κ3) is 4.59. The molecular weight excluding hydrogens is 438 g/mol. The van der Waals surface area contributed by atoms with Gasteiger partial charge in [-0.1, -0.05) is 18.2 Å². The molecule has 0 spiro atoms. The Morgan fingerprint density at radius 2 is 1.27 bits per heavy atom. The first-order valence-corrected chi connectivity index (χ1v) is 12.1. The van der Waals surface area contributed by atoms with Gasteiger partial charge in [0.2, 0.25) is 10.0 Å². The molecule has 5 rings (SSSR count). The van der Waals surface area contributed by atoms with Crippen molar-refractivity contribution in [2.75, 3.05) is 31.1 Å². The first kappa shape index (κ1) is 21.2. The average molecular weight is 462 g/mol. The molecule has 8 nitrogen and oxygen atoms in total. The predicted molar refractivity (Wildman–Crippen MR) is 125 cm³/mol. The fourth-order valence-corrected chi connectivity index (χ4v) is 5.14. The minimum absolute atomic E-state index is 0.257. The van der Waals surface area contributed by atoms with Gasteiger partial charge in [-0.05, 0) is 60.7 Å². The molecule has 1 saturated heterocycles. The molecule has 1 aliphatic rings. The molecule has 3 heterocycles. The van der Waals surface area contributed by atoms with E-state index in [0.29, 0.717) is 37.7 Å². The van der Waals surface area contributed by atoms with Crippen molar-refractivity contribution >= 4 is 15.8 Å². The number of piperazine rings is 1. The molecule has 0 saturated carbocycles. The van der Waals surface area contributed by atoms with E-state index < -0.39 is 10.0 Å². The Morgan fingerprint density at radius 1 is 0.667 bits per heavy atom. The van der Waals surface area contributed by atoms with Crippen molar-refractivity contribution in [2.45, 2.75) is 4.90 Å². The molecule has 1 fully saturated rings. The van der Waals surface area contributed by atoms with Crippen LogP contribution in [0.1, 0.15) is 0 Å². The van der Waals surface area contributed by atoms with Gasteiger partial charge in [0.05, 0.1) is 4.90 Å². The van der Waals surface area contributed by atoms with Gasteiger partial charge in [-0.3, -0.25) is 0 Å². The van der Waals surface area contributed by atoms with Crippen molar-refractivity contribution in [1.82, 2.24) is 19.1 Å². The first-order chi connectivity index (χ1) is 16.1. The molecule has 0 unspecified atom stereocenters. The third-order valence-corrected chi connectivity index (χ3v) is 7.42. The minimum Gasteiger partial charge on any atom is -0.457 e. The lowest BCUT2D eigenvalue weighted by Gasteiger charge is -2.34. The van der Waals surface area contributed by atoms with Crippen LogP contribution in [-0.2, 0) is 10.0 Å². The highest BCUT2D eigenvalue weighted by molar-refractivity contribution is 7.89. The van der Waals surface area contributed by atoms with E-state index in [0.717, 1.165) is 11.6 Å². The van der Waals surface area contributed by atoms with Crippen LogP contribution in [-0.4, -0.2) is 53.7 Å². The standard InChI is InChI=1S/C24H23N5O3S/c30-33(31,22-10-8-21(9-11-22)32-20-6-2-1-3-7-20)29-18-16-28(17-19-29)24-13-12-23(25-26-24)27-14-4-5-15-27/h1-15H,16-19H2. The Bertz CT molecular complexity index is 1280. The van der Waals surface area contributed by atoms with Crippen LogP contribution in [0.25, 0.3) is 5.82 Å². The normalized spacial score (nSPS) is 14.8. The summed E-state index contributed by atoms with van der Waals surface area (Å²) in [4.78, 5) is 2.31. The number of rotatable bonds is 6. The van der Waals surface area contributed by atoms with Gasteiger partial charge in [0.1, 0.15) is 11.5 Å². The van der Waals surface area contributed by atoms with Crippen molar-refractivity contribution in [2.24, 2.45) is 0 Å². The lowest BCUT2D eigenvalue weighted by molar-refractivity contribution is 0.383. The van der Waals surface area contributed by atoms with E-state index >= 15 is 0 Å². The Kier molecular flexibility index (Phi) is 5.80. The Labute approximate surface area is 192 Å². The molecule has 0 radical (unpaired) electrons. The van der Waals surface area contributed by atoms with Crippen molar-refractivity contribution in [3.63, 3.8) is 0 Å². The van der Waals surface area contributed by atoms with E-state index in [1.54, 1.807) is 24.3 Å². The van der Waals surface area contributed by atoms with Crippen LogP contribution in [0.2, 0.25) is 0 Å². The fraction of sp³-hybridized carbons (Fsp3) is 0.167. The number of sulfonamides is 1. The Hall–Kier alpha value is -3.69. The molecule has 0 bridgehead atoms. The lowest BCUT2D eigenvalue weighted by Crippen LogP contribution is -2.49. The zero-order chi connectivity index (χ0) is 22.7. The summed E-state index contributed by atoms with van der Waals surface area (Å²) in [7, 11) is -3.58. The van der Waals surface area contributed by atoms with E-state index in [9.17, 15) is 8.42 Å². The number of ether oxygens (including phenoxy) is 1. The van der Waals surface area contributed by atoms with Gasteiger partial charge in [0, 0.05) is 38.6 Å². The van der Waals surface area contributed by atoms with Gasteiger partial charge < -0.3 is 14.2 Å². The Morgan fingerprint density at radius 3 is 1.91 bits per heavy atom. The van der Waals surface area contributed by atoms with Crippen molar-refractivity contribution in [3.8, 4) is 17.3 Å². The maximum absolute atomic E-state index is 13.1.